The Labute approximate surface area is 161 Å². The Kier molecular flexibility index (Phi) is 5.87. The third-order valence-electron chi connectivity index (χ3n) is 4.62. The van der Waals surface area contributed by atoms with Gasteiger partial charge in [-0.1, -0.05) is 60.7 Å². The molecule has 3 rings (SSSR count). The zero-order valence-electron chi connectivity index (χ0n) is 16.4. The molecule has 0 aromatic heterocycles. The largest absolute Gasteiger partial charge is 0.497 e. The summed E-state index contributed by atoms with van der Waals surface area (Å²) in [5.41, 5.74) is 7.80. The summed E-state index contributed by atoms with van der Waals surface area (Å²) in [5.74, 6) is 0.856. The maximum Gasteiger partial charge on any atom is 0.118 e. The Hall–Kier alpha value is -3.13. The van der Waals surface area contributed by atoms with E-state index in [0.717, 1.165) is 33.8 Å². The van der Waals surface area contributed by atoms with Crippen molar-refractivity contribution in [2.24, 2.45) is 4.99 Å². The molecule has 2 nitrogen and oxygen atoms in total. The minimum absolute atomic E-state index is 0.856. The normalized spacial score (nSPS) is 12.1. The lowest BCUT2D eigenvalue weighted by Crippen LogP contribution is -1.98. The highest BCUT2D eigenvalue weighted by Crippen LogP contribution is 2.27. The van der Waals surface area contributed by atoms with Crippen LogP contribution >= 0.6 is 0 Å². The molecule has 3 aromatic carbocycles. The SMILES string of the molecule is COc1ccc(/C=C(/C(C)=Nc2c(C)cccc2C)c2ccccc2)cc1. The van der Waals surface area contributed by atoms with E-state index >= 15 is 0 Å². The molecule has 136 valence electrons. The number of hydrogen-bond acceptors (Lipinski definition) is 2. The number of hydrogen-bond donors (Lipinski definition) is 0. The van der Waals surface area contributed by atoms with Crippen molar-refractivity contribution in [3.63, 3.8) is 0 Å². The number of allylic oxidation sites excluding steroid dienone is 1. The average molecular weight is 355 g/mol. The first-order chi connectivity index (χ1) is 13.1. The van der Waals surface area contributed by atoms with Crippen LogP contribution in [0.4, 0.5) is 5.69 Å². The molecule has 0 saturated carbocycles. The minimum atomic E-state index is 0.856. The molecule has 2 heteroatoms. The van der Waals surface area contributed by atoms with Gasteiger partial charge in [-0.05, 0) is 61.2 Å². The predicted octanol–water partition coefficient (Wildman–Crippen LogP) is 6.65. The van der Waals surface area contributed by atoms with E-state index in [2.05, 4.69) is 81.4 Å². The lowest BCUT2D eigenvalue weighted by Gasteiger charge is -2.11. The van der Waals surface area contributed by atoms with Crippen LogP contribution in [0.3, 0.4) is 0 Å². The number of methoxy groups -OCH3 is 1. The van der Waals surface area contributed by atoms with Crippen molar-refractivity contribution in [3.05, 3.63) is 95.1 Å². The van der Waals surface area contributed by atoms with Crippen molar-refractivity contribution in [2.45, 2.75) is 20.8 Å². The average Bonchev–Trinajstić information content (AvgIpc) is 2.70. The van der Waals surface area contributed by atoms with Gasteiger partial charge in [-0.25, -0.2) is 0 Å². The Morgan fingerprint density at radius 2 is 1.44 bits per heavy atom. The van der Waals surface area contributed by atoms with E-state index in [1.165, 1.54) is 11.1 Å². The number of aryl methyl sites for hydroxylation is 2. The van der Waals surface area contributed by atoms with Gasteiger partial charge in [0, 0.05) is 11.3 Å². The fourth-order valence-electron chi connectivity index (χ4n) is 3.09. The third-order valence-corrected chi connectivity index (χ3v) is 4.62. The van der Waals surface area contributed by atoms with Gasteiger partial charge in [-0.2, -0.15) is 0 Å². The van der Waals surface area contributed by atoms with Crippen LogP contribution < -0.4 is 4.74 Å². The molecule has 0 saturated heterocycles. The first kappa shape index (κ1) is 18.7. The van der Waals surface area contributed by atoms with Crippen LogP contribution in [0, 0.1) is 13.8 Å². The quantitative estimate of drug-likeness (QED) is 0.371. The van der Waals surface area contributed by atoms with Gasteiger partial charge in [-0.15, -0.1) is 0 Å². The molecule has 3 aromatic rings. The number of nitrogens with zero attached hydrogens (tertiary/aromatic N) is 1. The van der Waals surface area contributed by atoms with Crippen molar-refractivity contribution in [1.29, 1.82) is 0 Å². The van der Waals surface area contributed by atoms with E-state index in [-0.39, 0.29) is 0 Å². The molecule has 0 fully saturated rings. The Bertz CT molecular complexity index is 947. The Morgan fingerprint density at radius 1 is 0.815 bits per heavy atom. The summed E-state index contributed by atoms with van der Waals surface area (Å²) in [4.78, 5) is 4.99. The van der Waals surface area contributed by atoms with Crippen molar-refractivity contribution in [2.75, 3.05) is 7.11 Å². The summed E-state index contributed by atoms with van der Waals surface area (Å²) in [7, 11) is 1.68. The highest BCUT2D eigenvalue weighted by molar-refractivity contribution is 6.27. The molecule has 0 aliphatic carbocycles. The molecule has 0 N–H and O–H groups in total. The molecule has 0 radical (unpaired) electrons. The van der Waals surface area contributed by atoms with Gasteiger partial charge in [0.25, 0.3) is 0 Å². The van der Waals surface area contributed by atoms with E-state index in [0.29, 0.717) is 0 Å². The van der Waals surface area contributed by atoms with Crippen molar-refractivity contribution >= 4 is 23.0 Å². The molecule has 0 aliphatic heterocycles. The van der Waals surface area contributed by atoms with E-state index < -0.39 is 0 Å². The van der Waals surface area contributed by atoms with Crippen LogP contribution in [0.1, 0.15) is 29.2 Å². The number of aliphatic imine (C=N–C) groups is 1. The molecular weight excluding hydrogens is 330 g/mol. The molecule has 0 atom stereocenters. The Balaban J connectivity index is 2.09. The molecule has 0 heterocycles. The predicted molar refractivity (Wildman–Crippen MR) is 116 cm³/mol. The first-order valence-corrected chi connectivity index (χ1v) is 9.11. The number of ether oxygens (including phenoxy) is 1. The number of rotatable bonds is 5. The molecule has 0 unspecified atom stereocenters. The van der Waals surface area contributed by atoms with Crippen molar-refractivity contribution < 1.29 is 4.74 Å². The first-order valence-electron chi connectivity index (χ1n) is 9.11. The van der Waals surface area contributed by atoms with Gasteiger partial charge in [-0.3, -0.25) is 4.99 Å². The molecule has 0 bridgehead atoms. The van der Waals surface area contributed by atoms with Crippen LogP contribution in [0.25, 0.3) is 11.6 Å². The number of benzene rings is 3. The van der Waals surface area contributed by atoms with Crippen LogP contribution in [-0.2, 0) is 0 Å². The maximum atomic E-state index is 5.27. The lowest BCUT2D eigenvalue weighted by molar-refractivity contribution is 0.415. The molecule has 0 aliphatic rings. The standard InChI is InChI=1S/C25H25NO/c1-18-9-8-10-19(2)25(18)26-20(3)24(22-11-6-5-7-12-22)17-21-13-15-23(27-4)16-14-21/h5-17H,1-4H3/b24-17-,26-20?. The summed E-state index contributed by atoms with van der Waals surface area (Å²) in [6.07, 6.45) is 2.18. The second-order valence-electron chi connectivity index (χ2n) is 6.63. The van der Waals surface area contributed by atoms with E-state index in [9.17, 15) is 0 Å². The minimum Gasteiger partial charge on any atom is -0.497 e. The van der Waals surface area contributed by atoms with Crippen LogP contribution in [-0.4, -0.2) is 12.8 Å². The zero-order valence-corrected chi connectivity index (χ0v) is 16.4. The Morgan fingerprint density at radius 3 is 2.04 bits per heavy atom. The van der Waals surface area contributed by atoms with Gasteiger partial charge < -0.3 is 4.74 Å². The molecular formula is C25H25NO. The van der Waals surface area contributed by atoms with E-state index in [1.54, 1.807) is 7.11 Å². The molecule has 27 heavy (non-hydrogen) atoms. The van der Waals surface area contributed by atoms with Crippen molar-refractivity contribution in [1.82, 2.24) is 0 Å². The lowest BCUT2D eigenvalue weighted by atomic mass is 9.98. The summed E-state index contributed by atoms with van der Waals surface area (Å²) in [6, 6.07) is 24.8. The smallest absolute Gasteiger partial charge is 0.118 e. The van der Waals surface area contributed by atoms with E-state index in [4.69, 9.17) is 9.73 Å². The van der Waals surface area contributed by atoms with Gasteiger partial charge in [0.1, 0.15) is 5.75 Å². The number of para-hydroxylation sites is 1. The third kappa shape index (κ3) is 4.53. The van der Waals surface area contributed by atoms with Gasteiger partial charge in [0.2, 0.25) is 0 Å². The molecule has 0 spiro atoms. The highest BCUT2D eigenvalue weighted by Gasteiger charge is 2.08. The maximum absolute atomic E-state index is 5.27. The van der Waals surface area contributed by atoms with Gasteiger partial charge >= 0.3 is 0 Å². The van der Waals surface area contributed by atoms with Crippen LogP contribution in [0.5, 0.6) is 5.75 Å². The zero-order chi connectivity index (χ0) is 19.2. The van der Waals surface area contributed by atoms with E-state index in [1.807, 2.05) is 18.2 Å². The highest BCUT2D eigenvalue weighted by atomic mass is 16.5. The summed E-state index contributed by atoms with van der Waals surface area (Å²) in [5, 5.41) is 0. The second kappa shape index (κ2) is 8.50. The van der Waals surface area contributed by atoms with Crippen LogP contribution in [0.2, 0.25) is 0 Å². The summed E-state index contributed by atoms with van der Waals surface area (Å²) >= 11 is 0. The molecule has 0 amide bonds. The monoisotopic (exact) mass is 355 g/mol. The second-order valence-corrected chi connectivity index (χ2v) is 6.63. The van der Waals surface area contributed by atoms with Gasteiger partial charge in [0.05, 0.1) is 12.8 Å². The topological polar surface area (TPSA) is 21.6 Å². The van der Waals surface area contributed by atoms with Gasteiger partial charge in [0.15, 0.2) is 0 Å². The fourth-order valence-corrected chi connectivity index (χ4v) is 3.09. The van der Waals surface area contributed by atoms with Crippen molar-refractivity contribution in [3.8, 4) is 5.75 Å². The summed E-state index contributed by atoms with van der Waals surface area (Å²) in [6.45, 7) is 6.29. The van der Waals surface area contributed by atoms with Crippen LogP contribution in [0.15, 0.2) is 77.8 Å². The summed E-state index contributed by atoms with van der Waals surface area (Å²) < 4.78 is 5.27. The fraction of sp³-hybridized carbons (Fsp3) is 0.160.